The van der Waals surface area contributed by atoms with Crippen molar-refractivity contribution in [2.75, 3.05) is 13.7 Å². The zero-order valence-electron chi connectivity index (χ0n) is 20.6. The van der Waals surface area contributed by atoms with Gasteiger partial charge in [-0.2, -0.15) is 15.3 Å². The van der Waals surface area contributed by atoms with Crippen molar-refractivity contribution < 1.29 is 4.74 Å². The van der Waals surface area contributed by atoms with Crippen molar-refractivity contribution in [3.63, 3.8) is 0 Å². The van der Waals surface area contributed by atoms with Crippen LogP contribution in [0.4, 0.5) is 0 Å². The van der Waals surface area contributed by atoms with Crippen molar-refractivity contribution >= 4 is 0 Å². The van der Waals surface area contributed by atoms with Crippen LogP contribution in [0.2, 0.25) is 0 Å². The fourth-order valence-corrected chi connectivity index (χ4v) is 4.74. The van der Waals surface area contributed by atoms with Crippen molar-refractivity contribution in [1.29, 1.82) is 0 Å². The van der Waals surface area contributed by atoms with Crippen LogP contribution in [0.1, 0.15) is 22.8 Å². The zero-order valence-corrected chi connectivity index (χ0v) is 20.6. The van der Waals surface area contributed by atoms with Gasteiger partial charge in [0.15, 0.2) is 0 Å². The summed E-state index contributed by atoms with van der Waals surface area (Å²) in [6.45, 7) is 1.35. The Labute approximate surface area is 208 Å². The number of aryl methyl sites for hydroxylation is 4. The number of rotatable bonds is 7. The number of methoxy groups -OCH3 is 1. The van der Waals surface area contributed by atoms with Gasteiger partial charge < -0.3 is 4.74 Å². The Hall–Kier alpha value is -4.18. The molecule has 182 valence electrons. The third-order valence-corrected chi connectivity index (χ3v) is 6.50. The van der Waals surface area contributed by atoms with Crippen LogP contribution in [0.15, 0.2) is 49.2 Å². The maximum Gasteiger partial charge on any atom is 0.134 e. The van der Waals surface area contributed by atoms with E-state index in [1.54, 1.807) is 11.8 Å². The van der Waals surface area contributed by atoms with Gasteiger partial charge in [0, 0.05) is 62.7 Å². The first-order chi connectivity index (χ1) is 17.6. The minimum Gasteiger partial charge on any atom is -0.383 e. The van der Waals surface area contributed by atoms with Crippen LogP contribution in [0, 0.1) is 0 Å². The molecule has 0 amide bonds. The number of pyridine rings is 1. The van der Waals surface area contributed by atoms with Crippen molar-refractivity contribution in [2.45, 2.75) is 25.8 Å². The topological polar surface area (TPSA) is 101 Å². The van der Waals surface area contributed by atoms with Gasteiger partial charge in [0.25, 0.3) is 0 Å². The lowest BCUT2D eigenvalue weighted by molar-refractivity contribution is 0.183. The van der Waals surface area contributed by atoms with E-state index in [9.17, 15) is 0 Å². The van der Waals surface area contributed by atoms with Gasteiger partial charge in [-0.1, -0.05) is 0 Å². The van der Waals surface area contributed by atoms with E-state index in [-0.39, 0.29) is 0 Å². The van der Waals surface area contributed by atoms with E-state index in [0.29, 0.717) is 13.0 Å². The normalized spacial score (nSPS) is 12.5. The number of hydrogen-bond acceptors (Lipinski definition) is 7. The highest BCUT2D eigenvalue weighted by molar-refractivity contribution is 5.84. The van der Waals surface area contributed by atoms with Crippen molar-refractivity contribution in [1.82, 2.24) is 44.3 Å². The smallest absolute Gasteiger partial charge is 0.134 e. The molecule has 5 heterocycles. The molecule has 0 aliphatic heterocycles. The van der Waals surface area contributed by atoms with Gasteiger partial charge in [-0.25, -0.2) is 9.97 Å². The summed E-state index contributed by atoms with van der Waals surface area (Å²) < 4.78 is 10.8. The van der Waals surface area contributed by atoms with Gasteiger partial charge in [-0.15, -0.1) is 0 Å². The predicted octanol–water partition coefficient (Wildman–Crippen LogP) is 2.87. The van der Waals surface area contributed by atoms with Crippen LogP contribution < -0.4 is 0 Å². The van der Waals surface area contributed by atoms with E-state index in [2.05, 4.69) is 21.2 Å². The quantitative estimate of drug-likeness (QED) is 0.352. The highest BCUT2D eigenvalue weighted by Crippen LogP contribution is 2.39. The van der Waals surface area contributed by atoms with E-state index in [1.807, 2.05) is 66.6 Å². The van der Waals surface area contributed by atoms with Crippen LogP contribution in [0.25, 0.3) is 33.8 Å². The largest absolute Gasteiger partial charge is 0.383 e. The summed E-state index contributed by atoms with van der Waals surface area (Å²) in [6, 6.07) is 6.13. The molecule has 0 atom stereocenters. The molecule has 0 saturated carbocycles. The third kappa shape index (κ3) is 4.09. The summed E-state index contributed by atoms with van der Waals surface area (Å²) in [6.07, 6.45) is 11.9. The molecule has 1 aliphatic carbocycles. The van der Waals surface area contributed by atoms with E-state index in [1.165, 1.54) is 0 Å². The van der Waals surface area contributed by atoms with E-state index in [0.717, 1.165) is 75.9 Å². The van der Waals surface area contributed by atoms with Crippen molar-refractivity contribution in [2.24, 2.45) is 14.1 Å². The summed E-state index contributed by atoms with van der Waals surface area (Å²) in [4.78, 5) is 14.4. The minimum absolute atomic E-state index is 0.569. The van der Waals surface area contributed by atoms with Crippen LogP contribution in [-0.2, 0) is 44.6 Å². The molecule has 10 heteroatoms. The summed E-state index contributed by atoms with van der Waals surface area (Å²) >= 11 is 0. The highest BCUT2D eigenvalue weighted by Gasteiger charge is 2.27. The van der Waals surface area contributed by atoms with Gasteiger partial charge in [-0.3, -0.25) is 19.0 Å². The fraction of sp³-hybridized carbons (Fsp3) is 0.308. The van der Waals surface area contributed by atoms with Gasteiger partial charge >= 0.3 is 0 Å². The zero-order chi connectivity index (χ0) is 24.6. The molecule has 5 aromatic rings. The minimum atomic E-state index is 0.569. The van der Waals surface area contributed by atoms with Crippen LogP contribution in [0.5, 0.6) is 0 Å². The van der Waals surface area contributed by atoms with Gasteiger partial charge in [-0.05, 0) is 36.6 Å². The Morgan fingerprint density at radius 2 is 1.89 bits per heavy atom. The molecule has 36 heavy (non-hydrogen) atoms. The standard InChI is InChI=1S/C26H27N9O/c1-33-16-19(15-29-33)21-6-5-18(14-27-21)26-24-22(32-34(26)2)7-4-17-13-28-23(30-25(17)24)12-20-8-9-35(31-20)10-11-36-3/h5-6,8-9,13-16H,4,7,10-12H2,1-3H3. The monoisotopic (exact) mass is 481 g/mol. The molecule has 0 unspecified atom stereocenters. The second kappa shape index (κ2) is 9.12. The molecule has 6 rings (SSSR count). The molecular formula is C26H27N9O. The number of fused-ring (bicyclic) bond motifs is 3. The molecule has 0 radical (unpaired) electrons. The molecule has 0 saturated heterocycles. The summed E-state index contributed by atoms with van der Waals surface area (Å²) in [5.74, 6) is 0.749. The number of aromatic nitrogens is 9. The number of hydrogen-bond donors (Lipinski definition) is 0. The lowest BCUT2D eigenvalue weighted by Crippen LogP contribution is -2.09. The summed E-state index contributed by atoms with van der Waals surface area (Å²) in [7, 11) is 5.58. The van der Waals surface area contributed by atoms with Crippen LogP contribution >= 0.6 is 0 Å². The second-order valence-electron chi connectivity index (χ2n) is 9.03. The highest BCUT2D eigenvalue weighted by atomic mass is 16.5. The second-order valence-corrected chi connectivity index (χ2v) is 9.03. The average Bonchev–Trinajstić information content (AvgIpc) is 3.61. The van der Waals surface area contributed by atoms with Gasteiger partial charge in [0.2, 0.25) is 0 Å². The Kier molecular flexibility index (Phi) is 5.65. The van der Waals surface area contributed by atoms with Crippen molar-refractivity contribution in [3.05, 3.63) is 72.0 Å². The van der Waals surface area contributed by atoms with E-state index >= 15 is 0 Å². The maximum atomic E-state index is 5.15. The molecule has 0 bridgehead atoms. The Balaban J connectivity index is 1.34. The van der Waals surface area contributed by atoms with Gasteiger partial charge in [0.05, 0.1) is 54.2 Å². The Morgan fingerprint density at radius 3 is 2.67 bits per heavy atom. The first-order valence-corrected chi connectivity index (χ1v) is 12.0. The molecule has 0 N–H and O–H groups in total. The first-order valence-electron chi connectivity index (χ1n) is 12.0. The molecule has 0 fully saturated rings. The lowest BCUT2D eigenvalue weighted by Gasteiger charge is -2.16. The third-order valence-electron chi connectivity index (χ3n) is 6.50. The summed E-state index contributed by atoms with van der Waals surface area (Å²) in [5.41, 5.74) is 9.07. The fourth-order valence-electron chi connectivity index (χ4n) is 4.74. The molecule has 1 aliphatic rings. The SMILES string of the molecule is COCCn1ccc(Cc2ncc3c(n2)-c2c(nn(C)c2-c2ccc(-c4cnn(C)c4)nc2)CC3)n1. The Bertz CT molecular complexity index is 1530. The average molecular weight is 482 g/mol. The maximum absolute atomic E-state index is 5.15. The first kappa shape index (κ1) is 22.3. The van der Waals surface area contributed by atoms with Crippen molar-refractivity contribution in [3.8, 4) is 33.8 Å². The molecule has 0 aromatic carbocycles. The molecule has 10 nitrogen and oxygen atoms in total. The lowest BCUT2D eigenvalue weighted by atomic mass is 9.91. The molecule has 0 spiro atoms. The molecular weight excluding hydrogens is 454 g/mol. The van der Waals surface area contributed by atoms with E-state index in [4.69, 9.17) is 19.8 Å². The van der Waals surface area contributed by atoms with Crippen LogP contribution in [-0.4, -0.2) is 58.0 Å². The Morgan fingerprint density at radius 1 is 0.972 bits per heavy atom. The van der Waals surface area contributed by atoms with E-state index < -0.39 is 0 Å². The number of ether oxygens (including phenoxy) is 1. The summed E-state index contributed by atoms with van der Waals surface area (Å²) in [5, 5.41) is 13.7. The predicted molar refractivity (Wildman–Crippen MR) is 134 cm³/mol. The van der Waals surface area contributed by atoms with Crippen LogP contribution in [0.3, 0.4) is 0 Å². The van der Waals surface area contributed by atoms with Gasteiger partial charge in [0.1, 0.15) is 5.82 Å². The molecule has 5 aromatic heterocycles. The number of nitrogens with zero attached hydrogens (tertiary/aromatic N) is 9.